The molecular formula is C21H15Cl3O5. The Balaban J connectivity index is 1.56. The van der Waals surface area contributed by atoms with Gasteiger partial charge < -0.3 is 14.2 Å². The van der Waals surface area contributed by atoms with Crippen LogP contribution in [0.25, 0.3) is 10.8 Å². The van der Waals surface area contributed by atoms with Crippen LogP contribution in [0.15, 0.2) is 48.5 Å². The molecule has 0 spiro atoms. The summed E-state index contributed by atoms with van der Waals surface area (Å²) in [6.07, 6.45) is 0. The van der Waals surface area contributed by atoms with E-state index in [2.05, 4.69) is 0 Å². The van der Waals surface area contributed by atoms with Gasteiger partial charge in [-0.2, -0.15) is 0 Å². The number of ether oxygens (including phenoxy) is 3. The van der Waals surface area contributed by atoms with Gasteiger partial charge in [0.1, 0.15) is 11.5 Å². The summed E-state index contributed by atoms with van der Waals surface area (Å²) in [5.41, 5.74) is 0.434. The number of fused-ring (bicyclic) bond motifs is 1. The number of carbonyl (C=O) groups excluding carboxylic acids is 2. The van der Waals surface area contributed by atoms with E-state index in [-0.39, 0.29) is 26.6 Å². The average Bonchev–Trinajstić information content (AvgIpc) is 2.72. The molecule has 0 heterocycles. The monoisotopic (exact) mass is 452 g/mol. The highest BCUT2D eigenvalue weighted by Crippen LogP contribution is 2.33. The quantitative estimate of drug-likeness (QED) is 0.264. The van der Waals surface area contributed by atoms with Gasteiger partial charge in [0, 0.05) is 11.6 Å². The maximum absolute atomic E-state index is 12.3. The van der Waals surface area contributed by atoms with Crippen LogP contribution in [0.2, 0.25) is 15.1 Å². The van der Waals surface area contributed by atoms with E-state index in [1.165, 1.54) is 12.1 Å². The molecule has 29 heavy (non-hydrogen) atoms. The van der Waals surface area contributed by atoms with E-state index >= 15 is 0 Å². The fraction of sp³-hybridized carbons (Fsp3) is 0.143. The Hall–Kier alpha value is -2.47. The van der Waals surface area contributed by atoms with E-state index < -0.39 is 19.2 Å². The molecule has 0 unspecified atom stereocenters. The molecule has 8 heteroatoms. The predicted octanol–water partition coefficient (Wildman–Crippen LogP) is 5.61. The summed E-state index contributed by atoms with van der Waals surface area (Å²) in [6.45, 7) is -0.832. The van der Waals surface area contributed by atoms with Crippen molar-refractivity contribution in [2.75, 3.05) is 20.3 Å². The number of ketones is 1. The standard InChI is InChI=1S/C21H15Cl3O5/c1-27-15-5-4-12-6-14(3-2-13(12)7-15)19(25)10-29-21(26)11-28-20-9-17(23)16(22)8-18(20)24/h2-9H,10-11H2,1H3. The SMILES string of the molecule is COc1ccc2cc(C(=O)COC(=O)COc3cc(Cl)c(Cl)cc3Cl)ccc2c1. The number of hydrogen-bond acceptors (Lipinski definition) is 5. The van der Waals surface area contributed by atoms with E-state index in [1.54, 1.807) is 19.2 Å². The highest BCUT2D eigenvalue weighted by Gasteiger charge is 2.13. The molecule has 3 rings (SSSR count). The largest absolute Gasteiger partial charge is 0.497 e. The first-order chi connectivity index (χ1) is 13.9. The van der Waals surface area contributed by atoms with Crippen LogP contribution in [-0.4, -0.2) is 32.1 Å². The number of methoxy groups -OCH3 is 1. The smallest absolute Gasteiger partial charge is 0.344 e. The Kier molecular flexibility index (Phi) is 6.85. The van der Waals surface area contributed by atoms with Crippen LogP contribution in [0, 0.1) is 0 Å². The topological polar surface area (TPSA) is 61.8 Å². The molecule has 3 aromatic carbocycles. The van der Waals surface area contributed by atoms with Crippen molar-refractivity contribution in [3.8, 4) is 11.5 Å². The van der Waals surface area contributed by atoms with Crippen molar-refractivity contribution in [3.05, 3.63) is 69.2 Å². The number of Topliss-reactive ketones (excluding diaryl/α,β-unsaturated/α-hetero) is 1. The third-order valence-electron chi connectivity index (χ3n) is 4.05. The highest BCUT2D eigenvalue weighted by atomic mass is 35.5. The molecule has 0 atom stereocenters. The Morgan fingerprint density at radius 2 is 1.52 bits per heavy atom. The molecule has 0 saturated heterocycles. The molecule has 0 bridgehead atoms. The second-order valence-corrected chi connectivity index (χ2v) is 7.22. The summed E-state index contributed by atoms with van der Waals surface area (Å²) in [7, 11) is 1.59. The van der Waals surface area contributed by atoms with Crippen LogP contribution < -0.4 is 9.47 Å². The molecule has 0 amide bonds. The average molecular weight is 454 g/mol. The fourth-order valence-electron chi connectivity index (χ4n) is 2.55. The maximum atomic E-state index is 12.3. The molecule has 0 saturated carbocycles. The molecule has 0 radical (unpaired) electrons. The molecule has 0 aliphatic carbocycles. The van der Waals surface area contributed by atoms with Crippen LogP contribution in [0.5, 0.6) is 11.5 Å². The third kappa shape index (κ3) is 5.32. The first-order valence-corrected chi connectivity index (χ1v) is 9.54. The molecular weight excluding hydrogens is 439 g/mol. The van der Waals surface area contributed by atoms with Crippen LogP contribution >= 0.6 is 34.8 Å². The number of benzene rings is 3. The summed E-state index contributed by atoms with van der Waals surface area (Å²) in [4.78, 5) is 24.2. The van der Waals surface area contributed by atoms with Gasteiger partial charge in [0.25, 0.3) is 0 Å². The van der Waals surface area contributed by atoms with E-state index in [1.807, 2.05) is 24.3 Å². The zero-order valence-electron chi connectivity index (χ0n) is 15.2. The second kappa shape index (κ2) is 9.35. The van der Waals surface area contributed by atoms with E-state index in [9.17, 15) is 9.59 Å². The lowest BCUT2D eigenvalue weighted by Crippen LogP contribution is -2.19. The van der Waals surface area contributed by atoms with Crippen molar-refractivity contribution < 1.29 is 23.8 Å². The molecule has 0 aliphatic rings. The summed E-state index contributed by atoms with van der Waals surface area (Å²) in [5.74, 6) is -0.128. The Bertz CT molecular complexity index is 1080. The van der Waals surface area contributed by atoms with Crippen molar-refractivity contribution in [2.24, 2.45) is 0 Å². The Labute approximate surface area is 182 Å². The lowest BCUT2D eigenvalue weighted by Gasteiger charge is -2.09. The Morgan fingerprint density at radius 1 is 0.828 bits per heavy atom. The first-order valence-electron chi connectivity index (χ1n) is 8.41. The number of esters is 1. The first kappa shape index (κ1) is 21.2. The van der Waals surface area contributed by atoms with Gasteiger partial charge >= 0.3 is 5.97 Å². The van der Waals surface area contributed by atoms with Gasteiger partial charge in [-0.1, -0.05) is 53.0 Å². The number of carbonyl (C=O) groups is 2. The van der Waals surface area contributed by atoms with E-state index in [0.29, 0.717) is 5.56 Å². The normalized spacial score (nSPS) is 10.6. The zero-order valence-corrected chi connectivity index (χ0v) is 17.5. The summed E-state index contributed by atoms with van der Waals surface area (Å²) < 4.78 is 15.4. The molecule has 0 aromatic heterocycles. The molecule has 150 valence electrons. The van der Waals surface area contributed by atoms with Crippen LogP contribution in [-0.2, 0) is 9.53 Å². The number of hydrogen-bond donors (Lipinski definition) is 0. The van der Waals surface area contributed by atoms with Crippen LogP contribution in [0.3, 0.4) is 0 Å². The lowest BCUT2D eigenvalue weighted by molar-refractivity contribution is -0.144. The van der Waals surface area contributed by atoms with Gasteiger partial charge in [0.2, 0.25) is 0 Å². The minimum Gasteiger partial charge on any atom is -0.497 e. The number of halogens is 3. The fourth-order valence-corrected chi connectivity index (χ4v) is 3.14. The van der Waals surface area contributed by atoms with Crippen molar-refractivity contribution >= 4 is 57.3 Å². The van der Waals surface area contributed by atoms with Crippen molar-refractivity contribution in [1.29, 1.82) is 0 Å². The van der Waals surface area contributed by atoms with Crippen molar-refractivity contribution in [3.63, 3.8) is 0 Å². The van der Waals surface area contributed by atoms with E-state index in [4.69, 9.17) is 49.0 Å². The number of rotatable bonds is 7. The van der Waals surface area contributed by atoms with Crippen molar-refractivity contribution in [1.82, 2.24) is 0 Å². The zero-order chi connectivity index (χ0) is 21.0. The predicted molar refractivity (Wildman–Crippen MR) is 113 cm³/mol. The summed E-state index contributed by atoms with van der Waals surface area (Å²) in [6, 6.07) is 13.5. The lowest BCUT2D eigenvalue weighted by atomic mass is 10.0. The highest BCUT2D eigenvalue weighted by molar-refractivity contribution is 6.43. The van der Waals surface area contributed by atoms with Crippen LogP contribution in [0.4, 0.5) is 0 Å². The van der Waals surface area contributed by atoms with Gasteiger partial charge in [-0.25, -0.2) is 4.79 Å². The van der Waals surface area contributed by atoms with Gasteiger partial charge in [-0.05, 0) is 35.0 Å². The van der Waals surface area contributed by atoms with Crippen LogP contribution in [0.1, 0.15) is 10.4 Å². The third-order valence-corrected chi connectivity index (χ3v) is 5.07. The van der Waals surface area contributed by atoms with E-state index in [0.717, 1.165) is 16.5 Å². The minimum absolute atomic E-state index is 0.189. The molecule has 5 nitrogen and oxygen atoms in total. The van der Waals surface area contributed by atoms with Gasteiger partial charge in [0.05, 0.1) is 22.2 Å². The summed E-state index contributed by atoms with van der Waals surface area (Å²) in [5, 5.41) is 2.52. The molecule has 0 fully saturated rings. The summed E-state index contributed by atoms with van der Waals surface area (Å²) >= 11 is 17.7. The molecule has 3 aromatic rings. The maximum Gasteiger partial charge on any atom is 0.344 e. The van der Waals surface area contributed by atoms with Gasteiger partial charge in [-0.3, -0.25) is 4.79 Å². The Morgan fingerprint density at radius 3 is 2.28 bits per heavy atom. The molecule has 0 N–H and O–H groups in total. The minimum atomic E-state index is -0.717. The van der Waals surface area contributed by atoms with Crippen molar-refractivity contribution in [2.45, 2.75) is 0 Å². The second-order valence-electron chi connectivity index (χ2n) is 6.00. The molecule has 0 aliphatic heterocycles. The van der Waals surface area contributed by atoms with Gasteiger partial charge in [-0.15, -0.1) is 0 Å². The van der Waals surface area contributed by atoms with Gasteiger partial charge in [0.15, 0.2) is 19.0 Å².